The lowest BCUT2D eigenvalue weighted by Crippen LogP contribution is -2.31. The molecule has 0 bridgehead atoms. The van der Waals surface area contributed by atoms with Gasteiger partial charge in [-0.25, -0.2) is 4.98 Å². The third-order valence-corrected chi connectivity index (χ3v) is 3.30. The van der Waals surface area contributed by atoms with Crippen molar-refractivity contribution in [1.29, 1.82) is 0 Å². The van der Waals surface area contributed by atoms with E-state index in [1.54, 1.807) is 6.20 Å². The van der Waals surface area contributed by atoms with E-state index in [0.29, 0.717) is 12.0 Å². The quantitative estimate of drug-likeness (QED) is 0.863. The highest BCUT2D eigenvalue weighted by Crippen LogP contribution is 2.15. The van der Waals surface area contributed by atoms with Crippen LogP contribution < -0.4 is 5.32 Å². The number of nitrogens with zero attached hydrogens (tertiary/aromatic N) is 3. The van der Waals surface area contributed by atoms with Crippen LogP contribution >= 0.6 is 15.9 Å². The maximum atomic E-state index is 4.25. The van der Waals surface area contributed by atoms with Gasteiger partial charge in [-0.2, -0.15) is 5.10 Å². The van der Waals surface area contributed by atoms with Crippen LogP contribution in [-0.4, -0.2) is 20.8 Å². The number of nitrogens with one attached hydrogen (secondary N) is 1. The summed E-state index contributed by atoms with van der Waals surface area (Å²) in [5.74, 6) is 0.512. The van der Waals surface area contributed by atoms with Gasteiger partial charge in [0.05, 0.1) is 18.4 Å². The number of hydrogen-bond donors (Lipinski definition) is 1. The maximum Gasteiger partial charge on any atom is 0.106 e. The van der Waals surface area contributed by atoms with Gasteiger partial charge >= 0.3 is 0 Å². The molecule has 0 aliphatic carbocycles. The smallest absolute Gasteiger partial charge is 0.106 e. The zero-order chi connectivity index (χ0) is 13.0. The molecular formula is C13H17BrN4. The van der Waals surface area contributed by atoms with Gasteiger partial charge in [0.2, 0.25) is 0 Å². The zero-order valence-electron chi connectivity index (χ0n) is 10.5. The molecule has 2 aromatic rings. The lowest BCUT2D eigenvalue weighted by Gasteiger charge is -2.23. The predicted octanol–water partition coefficient (Wildman–Crippen LogP) is 3.18. The van der Waals surface area contributed by atoms with Crippen molar-refractivity contribution < 1.29 is 0 Å². The number of pyridine rings is 1. The molecule has 0 saturated heterocycles. The lowest BCUT2D eigenvalue weighted by atomic mass is 10.0. The van der Waals surface area contributed by atoms with Crippen LogP contribution in [0.15, 0.2) is 41.4 Å². The fourth-order valence-corrected chi connectivity index (χ4v) is 1.94. The monoisotopic (exact) mass is 308 g/mol. The average Bonchev–Trinajstić information content (AvgIpc) is 2.84. The highest BCUT2D eigenvalue weighted by Gasteiger charge is 2.14. The van der Waals surface area contributed by atoms with E-state index in [-0.39, 0.29) is 0 Å². The van der Waals surface area contributed by atoms with Gasteiger partial charge in [0.15, 0.2) is 0 Å². The Morgan fingerprint density at radius 2 is 2.22 bits per heavy atom. The highest BCUT2D eigenvalue weighted by molar-refractivity contribution is 9.10. The van der Waals surface area contributed by atoms with E-state index in [9.17, 15) is 0 Å². The summed E-state index contributed by atoms with van der Waals surface area (Å²) in [6.07, 6.45) is 5.62. The van der Waals surface area contributed by atoms with Crippen molar-refractivity contribution in [2.24, 2.45) is 5.92 Å². The van der Waals surface area contributed by atoms with Crippen molar-refractivity contribution in [2.45, 2.75) is 26.4 Å². The molecule has 0 amide bonds. The third kappa shape index (κ3) is 3.57. The van der Waals surface area contributed by atoms with E-state index in [4.69, 9.17) is 0 Å². The number of halogens is 1. The Bertz CT molecular complexity index is 464. The minimum absolute atomic E-state index is 0.327. The normalized spacial score (nSPS) is 12.7. The zero-order valence-corrected chi connectivity index (χ0v) is 12.1. The largest absolute Gasteiger partial charge is 0.379 e. The van der Waals surface area contributed by atoms with Gasteiger partial charge in [0.25, 0.3) is 0 Å². The van der Waals surface area contributed by atoms with Crippen molar-refractivity contribution in [1.82, 2.24) is 14.8 Å². The van der Waals surface area contributed by atoms with Gasteiger partial charge < -0.3 is 5.32 Å². The SMILES string of the molecule is CC(C)C(Cn1cccn1)Nc1ccc(Br)nc1. The van der Waals surface area contributed by atoms with Crippen LogP contribution in [0.2, 0.25) is 0 Å². The van der Waals surface area contributed by atoms with Crippen LogP contribution in [0.3, 0.4) is 0 Å². The molecule has 0 saturated carbocycles. The molecule has 1 atom stereocenters. The van der Waals surface area contributed by atoms with E-state index in [2.05, 4.69) is 45.2 Å². The third-order valence-electron chi connectivity index (χ3n) is 2.83. The van der Waals surface area contributed by atoms with E-state index in [1.807, 2.05) is 35.3 Å². The molecule has 0 fully saturated rings. The number of anilines is 1. The van der Waals surface area contributed by atoms with E-state index < -0.39 is 0 Å². The summed E-state index contributed by atoms with van der Waals surface area (Å²) >= 11 is 3.34. The Kier molecular flexibility index (Phi) is 4.36. The first-order chi connectivity index (χ1) is 8.65. The molecule has 0 spiro atoms. The van der Waals surface area contributed by atoms with Gasteiger partial charge in [-0.15, -0.1) is 0 Å². The first-order valence-corrected chi connectivity index (χ1v) is 6.80. The molecule has 2 rings (SSSR count). The molecule has 0 aromatic carbocycles. The van der Waals surface area contributed by atoms with E-state index >= 15 is 0 Å². The molecule has 96 valence electrons. The molecule has 0 aliphatic heterocycles. The summed E-state index contributed by atoms with van der Waals surface area (Å²) in [6.45, 7) is 5.25. The molecule has 5 heteroatoms. The Morgan fingerprint density at radius 1 is 1.39 bits per heavy atom. The highest BCUT2D eigenvalue weighted by atomic mass is 79.9. The lowest BCUT2D eigenvalue weighted by molar-refractivity contribution is 0.438. The Morgan fingerprint density at radius 3 is 2.78 bits per heavy atom. The topological polar surface area (TPSA) is 42.7 Å². The number of aromatic nitrogens is 3. The Balaban J connectivity index is 2.04. The molecule has 18 heavy (non-hydrogen) atoms. The molecule has 0 radical (unpaired) electrons. The van der Waals surface area contributed by atoms with Crippen molar-refractivity contribution in [3.63, 3.8) is 0 Å². The van der Waals surface area contributed by atoms with Gasteiger partial charge in [-0.05, 0) is 40.0 Å². The minimum Gasteiger partial charge on any atom is -0.379 e. The molecule has 1 N–H and O–H groups in total. The van der Waals surface area contributed by atoms with Gasteiger partial charge in [-0.3, -0.25) is 4.68 Å². The summed E-state index contributed by atoms with van der Waals surface area (Å²) in [5.41, 5.74) is 1.03. The first-order valence-electron chi connectivity index (χ1n) is 6.00. The summed E-state index contributed by atoms with van der Waals surface area (Å²) in [7, 11) is 0. The number of hydrogen-bond acceptors (Lipinski definition) is 3. The van der Waals surface area contributed by atoms with Crippen molar-refractivity contribution in [3.05, 3.63) is 41.4 Å². The fraction of sp³-hybridized carbons (Fsp3) is 0.385. The Labute approximate surface area is 116 Å². The van der Waals surface area contributed by atoms with Crippen molar-refractivity contribution in [3.8, 4) is 0 Å². The summed E-state index contributed by atoms with van der Waals surface area (Å²) in [5, 5.41) is 7.75. The van der Waals surface area contributed by atoms with Gasteiger partial charge in [0.1, 0.15) is 4.60 Å². The summed E-state index contributed by atoms with van der Waals surface area (Å²) in [6, 6.07) is 6.23. The predicted molar refractivity (Wildman–Crippen MR) is 76.4 cm³/mol. The second kappa shape index (κ2) is 6.00. The Hall–Kier alpha value is -1.36. The maximum absolute atomic E-state index is 4.25. The van der Waals surface area contributed by atoms with Crippen molar-refractivity contribution >= 4 is 21.6 Å². The van der Waals surface area contributed by atoms with E-state index in [0.717, 1.165) is 16.8 Å². The summed E-state index contributed by atoms with van der Waals surface area (Å²) < 4.78 is 2.80. The molecule has 2 heterocycles. The molecule has 4 nitrogen and oxygen atoms in total. The van der Waals surface area contributed by atoms with Crippen molar-refractivity contribution in [2.75, 3.05) is 5.32 Å². The van der Waals surface area contributed by atoms with Crippen LogP contribution in [0.5, 0.6) is 0 Å². The molecule has 2 aromatic heterocycles. The van der Waals surface area contributed by atoms with Crippen LogP contribution in [0.1, 0.15) is 13.8 Å². The van der Waals surface area contributed by atoms with E-state index in [1.165, 1.54) is 0 Å². The average molecular weight is 309 g/mol. The van der Waals surface area contributed by atoms with Crippen LogP contribution in [0.25, 0.3) is 0 Å². The van der Waals surface area contributed by atoms with Gasteiger partial charge in [0, 0.05) is 18.4 Å². The second-order valence-corrected chi connectivity index (χ2v) is 5.41. The summed E-state index contributed by atoms with van der Waals surface area (Å²) in [4.78, 5) is 4.22. The van der Waals surface area contributed by atoms with Crippen LogP contribution in [-0.2, 0) is 6.54 Å². The standard InChI is InChI=1S/C13H17BrN4/c1-10(2)12(9-18-7-3-6-16-18)17-11-4-5-13(14)15-8-11/h3-8,10,12,17H,9H2,1-2H3. The molecular weight excluding hydrogens is 292 g/mol. The second-order valence-electron chi connectivity index (χ2n) is 4.59. The first kappa shape index (κ1) is 13.1. The minimum atomic E-state index is 0.327. The van der Waals surface area contributed by atoms with Gasteiger partial charge in [-0.1, -0.05) is 13.8 Å². The van der Waals surface area contributed by atoms with Crippen LogP contribution in [0, 0.1) is 5.92 Å². The number of rotatable bonds is 5. The molecule has 1 unspecified atom stereocenters. The fourth-order valence-electron chi connectivity index (χ4n) is 1.71. The van der Waals surface area contributed by atoms with Crippen LogP contribution in [0.4, 0.5) is 5.69 Å². The molecule has 0 aliphatic rings.